The van der Waals surface area contributed by atoms with Crippen LogP contribution in [0.25, 0.3) is 10.1 Å². The molecule has 9 nitrogen and oxygen atoms in total. The average Bonchev–Trinajstić information content (AvgIpc) is 3.44. The van der Waals surface area contributed by atoms with E-state index in [9.17, 15) is 45.1 Å². The van der Waals surface area contributed by atoms with Gasteiger partial charge in [-0.3, -0.25) is 14.4 Å². The Kier molecular flexibility index (Phi) is 10.6. The number of hydrogen-bond acceptors (Lipinski definition) is 7. The average molecular weight is 727 g/mol. The van der Waals surface area contributed by atoms with Crippen LogP contribution in [0.1, 0.15) is 44.0 Å². The minimum atomic E-state index is -5.08. The number of aliphatic hydroxyl groups excluding tert-OH is 1. The summed E-state index contributed by atoms with van der Waals surface area (Å²) in [5.41, 5.74) is -2.83. The molecule has 1 fully saturated rings. The second-order valence-electron chi connectivity index (χ2n) is 11.3. The van der Waals surface area contributed by atoms with Gasteiger partial charge in [0.1, 0.15) is 16.4 Å². The van der Waals surface area contributed by atoms with Crippen molar-refractivity contribution in [1.82, 2.24) is 5.32 Å². The summed E-state index contributed by atoms with van der Waals surface area (Å²) >= 11 is 0.560. The van der Waals surface area contributed by atoms with Gasteiger partial charge in [0.25, 0.3) is 11.8 Å². The molecule has 1 unspecified atom stereocenters. The number of fused-ring (bicyclic) bond motifs is 1. The first kappa shape index (κ1) is 36.4. The number of nitrogens with zero attached hydrogens (tertiary/aromatic N) is 1. The van der Waals surface area contributed by atoms with E-state index < -0.39 is 46.8 Å². The van der Waals surface area contributed by atoms with Crippen LogP contribution in [0.4, 0.5) is 47.8 Å². The molecule has 1 aliphatic heterocycles. The summed E-state index contributed by atoms with van der Waals surface area (Å²) < 4.78 is 99.8. The van der Waals surface area contributed by atoms with E-state index in [-0.39, 0.29) is 56.9 Å². The van der Waals surface area contributed by atoms with Crippen molar-refractivity contribution in [3.63, 3.8) is 0 Å². The second kappa shape index (κ2) is 14.5. The maximum atomic E-state index is 13.9. The number of benzene rings is 3. The maximum Gasteiger partial charge on any atom is 0.419 e. The summed E-state index contributed by atoms with van der Waals surface area (Å²) in [5, 5.41) is 16.5. The number of nitrogens with one attached hydrogen (secondary N) is 3. The molecule has 17 heteroatoms. The summed E-state index contributed by atoms with van der Waals surface area (Å²) in [7, 11) is 1.31. The minimum Gasteiger partial charge on any atom is -0.496 e. The number of aliphatic hydroxyl groups is 1. The largest absolute Gasteiger partial charge is 0.496 e. The monoisotopic (exact) mass is 726 g/mol. The zero-order valence-electron chi connectivity index (χ0n) is 26.1. The molecule has 0 radical (unpaired) electrons. The van der Waals surface area contributed by atoms with E-state index in [2.05, 4.69) is 16.0 Å². The van der Waals surface area contributed by atoms with Crippen molar-refractivity contribution in [2.24, 2.45) is 5.92 Å². The van der Waals surface area contributed by atoms with Crippen molar-refractivity contribution < 1.29 is 55.0 Å². The van der Waals surface area contributed by atoms with Gasteiger partial charge < -0.3 is 30.7 Å². The molecule has 0 spiro atoms. The summed E-state index contributed by atoms with van der Waals surface area (Å²) in [4.78, 5) is 41.4. The maximum absolute atomic E-state index is 13.9. The lowest BCUT2D eigenvalue weighted by molar-refractivity contribution is -0.140. The van der Waals surface area contributed by atoms with Gasteiger partial charge in [-0.15, -0.1) is 11.3 Å². The van der Waals surface area contributed by atoms with Gasteiger partial charge in [0.2, 0.25) is 5.91 Å². The van der Waals surface area contributed by atoms with Gasteiger partial charge in [0, 0.05) is 41.1 Å². The number of methoxy groups -OCH3 is 1. The van der Waals surface area contributed by atoms with Crippen LogP contribution in [0.3, 0.4) is 0 Å². The van der Waals surface area contributed by atoms with Crippen LogP contribution >= 0.6 is 11.3 Å². The highest BCUT2D eigenvalue weighted by molar-refractivity contribution is 7.21. The Morgan fingerprint density at radius 1 is 0.960 bits per heavy atom. The number of alkyl halides is 6. The van der Waals surface area contributed by atoms with Gasteiger partial charge in [-0.05, 0) is 61.4 Å². The quantitative estimate of drug-likeness (QED) is 0.139. The Balaban J connectivity index is 1.50. The van der Waals surface area contributed by atoms with Gasteiger partial charge >= 0.3 is 12.4 Å². The lowest BCUT2D eigenvalue weighted by Gasteiger charge is -2.34. The minimum absolute atomic E-state index is 0.0252. The zero-order chi connectivity index (χ0) is 36.4. The first-order valence-corrected chi connectivity index (χ1v) is 15.9. The van der Waals surface area contributed by atoms with E-state index in [0.29, 0.717) is 55.1 Å². The van der Waals surface area contributed by atoms with Crippen molar-refractivity contribution in [3.05, 3.63) is 82.0 Å². The molecule has 0 saturated carbocycles. The molecule has 1 saturated heterocycles. The van der Waals surface area contributed by atoms with E-state index in [1.54, 1.807) is 6.07 Å². The van der Waals surface area contributed by atoms with Gasteiger partial charge in [-0.1, -0.05) is 6.07 Å². The van der Waals surface area contributed by atoms with Crippen LogP contribution in [0.5, 0.6) is 5.75 Å². The van der Waals surface area contributed by atoms with Crippen LogP contribution in [-0.4, -0.2) is 56.2 Å². The first-order chi connectivity index (χ1) is 23.6. The number of anilines is 3. The summed E-state index contributed by atoms with van der Waals surface area (Å²) in [6.45, 7) is 0.759. The van der Waals surface area contributed by atoms with Crippen molar-refractivity contribution in [2.75, 3.05) is 48.9 Å². The number of carbonyl (C=O) groups excluding carboxylic acids is 3. The van der Waals surface area contributed by atoms with E-state index in [1.165, 1.54) is 19.2 Å². The molecular weight excluding hydrogens is 697 g/mol. The molecule has 266 valence electrons. The number of piperidine rings is 1. The molecule has 1 aliphatic rings. The number of halogens is 7. The highest BCUT2D eigenvalue weighted by atomic mass is 32.1. The summed E-state index contributed by atoms with van der Waals surface area (Å²) in [6.07, 6.45) is -8.56. The van der Waals surface area contributed by atoms with Crippen molar-refractivity contribution in [1.29, 1.82) is 0 Å². The number of amides is 3. The van der Waals surface area contributed by atoms with E-state index in [0.717, 1.165) is 24.3 Å². The smallest absolute Gasteiger partial charge is 0.419 e. The third-order valence-electron chi connectivity index (χ3n) is 7.99. The van der Waals surface area contributed by atoms with E-state index in [4.69, 9.17) is 9.84 Å². The van der Waals surface area contributed by atoms with Crippen molar-refractivity contribution >= 4 is 56.2 Å². The van der Waals surface area contributed by atoms with Crippen LogP contribution < -0.4 is 25.6 Å². The lowest BCUT2D eigenvalue weighted by atomic mass is 9.96. The SMILES string of the molecule is COc1ccc(N2CCCC(C(=O)NCCO)C2)cc1C(=O)Nc1c(C(=O)Nc2ccc(F)c(C(F)(F)F)c2)sc2cc(C(F)(F)F)ccc12. The number of ether oxygens (including phenoxy) is 1. The van der Waals surface area contributed by atoms with Crippen LogP contribution in [0.2, 0.25) is 0 Å². The molecule has 3 aromatic carbocycles. The van der Waals surface area contributed by atoms with Gasteiger partial charge in [-0.2, -0.15) is 26.3 Å². The predicted octanol–water partition coefficient (Wildman–Crippen LogP) is 6.92. The van der Waals surface area contributed by atoms with Crippen LogP contribution in [0, 0.1) is 11.7 Å². The molecular formula is C33H29F7N4O5S. The topological polar surface area (TPSA) is 120 Å². The Hall–Kier alpha value is -4.90. The van der Waals surface area contributed by atoms with Gasteiger partial charge in [0.05, 0.1) is 42.0 Å². The molecule has 1 atom stereocenters. The highest BCUT2D eigenvalue weighted by Crippen LogP contribution is 2.41. The molecule has 2 heterocycles. The fraction of sp³-hybridized carbons (Fsp3) is 0.303. The summed E-state index contributed by atoms with van der Waals surface area (Å²) in [5.74, 6) is -3.98. The normalized spacial score (nSPS) is 15.1. The van der Waals surface area contributed by atoms with E-state index >= 15 is 0 Å². The Morgan fingerprint density at radius 3 is 2.40 bits per heavy atom. The van der Waals surface area contributed by atoms with Crippen molar-refractivity contribution in [2.45, 2.75) is 25.2 Å². The molecule has 5 rings (SSSR count). The third-order valence-corrected chi connectivity index (χ3v) is 9.14. The summed E-state index contributed by atoms with van der Waals surface area (Å²) in [6, 6.07) is 9.04. The zero-order valence-corrected chi connectivity index (χ0v) is 26.9. The van der Waals surface area contributed by atoms with Crippen LogP contribution in [-0.2, 0) is 17.1 Å². The molecule has 0 bridgehead atoms. The number of thiophene rings is 1. The Morgan fingerprint density at radius 2 is 1.72 bits per heavy atom. The standard InChI is InChI=1S/C33H29F7N4O5S/c1-49-25-9-6-20(44-11-2-3-17(16-44)29(46)41-10-12-45)15-22(25)30(47)43-27-21-7-4-18(32(35,36)37)13-26(21)50-28(27)31(48)42-19-5-8-24(34)23(14-19)33(38,39)40/h4-9,13-15,17,45H,2-3,10-12,16H2,1H3,(H,41,46)(H,42,48)(H,43,47). The highest BCUT2D eigenvalue weighted by Gasteiger charge is 2.35. The number of hydrogen-bond donors (Lipinski definition) is 4. The molecule has 3 amide bonds. The Bertz CT molecular complexity index is 1930. The van der Waals surface area contributed by atoms with Crippen molar-refractivity contribution in [3.8, 4) is 5.75 Å². The molecule has 4 aromatic rings. The van der Waals surface area contributed by atoms with Gasteiger partial charge in [-0.25, -0.2) is 4.39 Å². The molecule has 50 heavy (non-hydrogen) atoms. The molecule has 4 N–H and O–H groups in total. The van der Waals surface area contributed by atoms with Gasteiger partial charge in [0.15, 0.2) is 0 Å². The van der Waals surface area contributed by atoms with Crippen LogP contribution in [0.15, 0.2) is 54.6 Å². The number of rotatable bonds is 9. The fourth-order valence-corrected chi connectivity index (χ4v) is 6.66. The number of carbonyl (C=O) groups is 3. The lowest BCUT2D eigenvalue weighted by Crippen LogP contribution is -2.43. The Labute approximate surface area is 284 Å². The third kappa shape index (κ3) is 7.94. The predicted molar refractivity (Wildman–Crippen MR) is 172 cm³/mol. The molecule has 1 aromatic heterocycles. The van der Waals surface area contributed by atoms with E-state index in [1.807, 2.05) is 4.90 Å². The molecule has 0 aliphatic carbocycles. The second-order valence-corrected chi connectivity index (χ2v) is 12.4. The first-order valence-electron chi connectivity index (χ1n) is 15.1. The fourth-order valence-electron chi connectivity index (χ4n) is 5.57.